The van der Waals surface area contributed by atoms with Crippen molar-refractivity contribution < 1.29 is 4.39 Å². The quantitative estimate of drug-likeness (QED) is 0.503. The summed E-state index contributed by atoms with van der Waals surface area (Å²) in [7, 11) is 0. The highest BCUT2D eigenvalue weighted by atomic mass is 32.2. The SMILES string of the molecule is Cc1cccc(N=C(N)N/N=C2\CCSc3ccc(F)cc32)c1. The van der Waals surface area contributed by atoms with Gasteiger partial charge in [-0.05, 0) is 42.8 Å². The van der Waals surface area contributed by atoms with Crippen molar-refractivity contribution in [3.8, 4) is 0 Å². The first kappa shape index (κ1) is 15.6. The van der Waals surface area contributed by atoms with Crippen LogP contribution in [0.25, 0.3) is 0 Å². The van der Waals surface area contributed by atoms with Gasteiger partial charge in [0.1, 0.15) is 5.82 Å². The summed E-state index contributed by atoms with van der Waals surface area (Å²) in [6.45, 7) is 1.99. The van der Waals surface area contributed by atoms with Gasteiger partial charge in [-0.2, -0.15) is 5.10 Å². The topological polar surface area (TPSA) is 62.8 Å². The number of benzene rings is 2. The third-order valence-corrected chi connectivity index (χ3v) is 4.48. The number of nitrogens with two attached hydrogens (primary N) is 1. The number of aryl methyl sites for hydroxylation is 1. The van der Waals surface area contributed by atoms with E-state index in [1.807, 2.05) is 31.2 Å². The van der Waals surface area contributed by atoms with Gasteiger partial charge in [0.15, 0.2) is 0 Å². The van der Waals surface area contributed by atoms with Gasteiger partial charge < -0.3 is 5.73 Å². The normalized spacial score (nSPS) is 16.3. The summed E-state index contributed by atoms with van der Waals surface area (Å²) in [5.74, 6) is 0.855. The molecule has 2 aromatic rings. The zero-order valence-corrected chi connectivity index (χ0v) is 13.5. The second kappa shape index (κ2) is 6.83. The van der Waals surface area contributed by atoms with Gasteiger partial charge in [0, 0.05) is 22.6 Å². The van der Waals surface area contributed by atoms with E-state index in [9.17, 15) is 4.39 Å². The van der Waals surface area contributed by atoms with Crippen molar-refractivity contribution in [2.24, 2.45) is 15.8 Å². The molecule has 1 aliphatic rings. The Morgan fingerprint density at radius 2 is 2.13 bits per heavy atom. The van der Waals surface area contributed by atoms with Crippen molar-refractivity contribution in [2.75, 3.05) is 5.75 Å². The van der Waals surface area contributed by atoms with Crippen LogP contribution in [0.3, 0.4) is 0 Å². The lowest BCUT2D eigenvalue weighted by Gasteiger charge is -2.17. The number of halogens is 1. The molecule has 118 valence electrons. The first-order valence-corrected chi connectivity index (χ1v) is 8.26. The number of fused-ring (bicyclic) bond motifs is 1. The molecule has 0 amide bonds. The molecule has 3 N–H and O–H groups in total. The van der Waals surface area contributed by atoms with Gasteiger partial charge in [-0.3, -0.25) is 0 Å². The molecule has 1 aliphatic heterocycles. The number of hydrogen-bond donors (Lipinski definition) is 2. The highest BCUT2D eigenvalue weighted by molar-refractivity contribution is 7.99. The third kappa shape index (κ3) is 3.90. The van der Waals surface area contributed by atoms with Crippen LogP contribution in [0.2, 0.25) is 0 Å². The maximum absolute atomic E-state index is 13.5. The fraction of sp³-hybridized carbons (Fsp3) is 0.176. The minimum Gasteiger partial charge on any atom is -0.368 e. The van der Waals surface area contributed by atoms with Crippen LogP contribution in [0, 0.1) is 12.7 Å². The summed E-state index contributed by atoms with van der Waals surface area (Å²) in [6.07, 6.45) is 0.756. The Bertz CT molecular complexity index is 786. The van der Waals surface area contributed by atoms with E-state index in [0.29, 0.717) is 0 Å². The maximum Gasteiger partial charge on any atom is 0.214 e. The Kier molecular flexibility index (Phi) is 4.62. The van der Waals surface area contributed by atoms with Crippen molar-refractivity contribution in [3.05, 3.63) is 59.4 Å². The number of hydrogen-bond acceptors (Lipinski definition) is 3. The van der Waals surface area contributed by atoms with Crippen LogP contribution in [-0.4, -0.2) is 17.4 Å². The summed E-state index contributed by atoms with van der Waals surface area (Å²) in [6, 6.07) is 12.5. The summed E-state index contributed by atoms with van der Waals surface area (Å²) in [5, 5.41) is 4.32. The molecular formula is C17H17FN4S. The van der Waals surface area contributed by atoms with E-state index < -0.39 is 0 Å². The van der Waals surface area contributed by atoms with E-state index in [0.717, 1.165) is 39.6 Å². The molecular weight excluding hydrogens is 311 g/mol. The molecule has 1 heterocycles. The molecule has 0 aliphatic carbocycles. The van der Waals surface area contributed by atoms with Crippen LogP contribution < -0.4 is 11.2 Å². The average Bonchev–Trinajstić information content (AvgIpc) is 2.53. The molecule has 0 fully saturated rings. The van der Waals surface area contributed by atoms with Crippen molar-refractivity contribution >= 4 is 29.1 Å². The van der Waals surface area contributed by atoms with E-state index in [-0.39, 0.29) is 11.8 Å². The minimum atomic E-state index is -0.264. The summed E-state index contributed by atoms with van der Waals surface area (Å²) >= 11 is 1.70. The van der Waals surface area contributed by atoms with Crippen molar-refractivity contribution in [1.82, 2.24) is 5.43 Å². The number of rotatable bonds is 2. The smallest absolute Gasteiger partial charge is 0.214 e. The highest BCUT2D eigenvalue weighted by Crippen LogP contribution is 2.30. The number of aliphatic imine (C=N–C) groups is 1. The molecule has 0 bridgehead atoms. The average molecular weight is 328 g/mol. The molecule has 2 aromatic carbocycles. The number of hydrazone groups is 1. The first-order valence-electron chi connectivity index (χ1n) is 7.28. The van der Waals surface area contributed by atoms with Gasteiger partial charge in [0.25, 0.3) is 0 Å². The molecule has 0 radical (unpaired) electrons. The molecule has 4 nitrogen and oxygen atoms in total. The van der Waals surface area contributed by atoms with Crippen LogP contribution in [0.1, 0.15) is 17.5 Å². The molecule has 0 unspecified atom stereocenters. The zero-order chi connectivity index (χ0) is 16.2. The number of guanidine groups is 1. The number of nitrogens with one attached hydrogen (secondary N) is 1. The van der Waals surface area contributed by atoms with Crippen molar-refractivity contribution in [2.45, 2.75) is 18.2 Å². The van der Waals surface area contributed by atoms with Crippen molar-refractivity contribution in [1.29, 1.82) is 0 Å². The predicted molar refractivity (Wildman–Crippen MR) is 93.9 cm³/mol. The van der Waals surface area contributed by atoms with E-state index in [1.54, 1.807) is 17.8 Å². The minimum absolute atomic E-state index is 0.208. The highest BCUT2D eigenvalue weighted by Gasteiger charge is 2.16. The lowest BCUT2D eigenvalue weighted by Crippen LogP contribution is -2.28. The van der Waals surface area contributed by atoms with Gasteiger partial charge >= 0.3 is 0 Å². The van der Waals surface area contributed by atoms with Crippen LogP contribution in [0.15, 0.2) is 57.5 Å². The van der Waals surface area contributed by atoms with E-state index in [1.165, 1.54) is 12.1 Å². The lowest BCUT2D eigenvalue weighted by molar-refractivity contribution is 0.626. The second-order valence-corrected chi connectivity index (χ2v) is 6.38. The van der Waals surface area contributed by atoms with Crippen LogP contribution >= 0.6 is 11.8 Å². The Balaban J connectivity index is 1.80. The summed E-state index contributed by atoms with van der Waals surface area (Å²) in [4.78, 5) is 5.31. The summed E-state index contributed by atoms with van der Waals surface area (Å²) in [5.41, 5.74) is 12.1. The summed E-state index contributed by atoms with van der Waals surface area (Å²) < 4.78 is 13.5. The largest absolute Gasteiger partial charge is 0.368 e. The van der Waals surface area contributed by atoms with Crippen LogP contribution in [0.5, 0.6) is 0 Å². The lowest BCUT2D eigenvalue weighted by atomic mass is 10.1. The Labute approximate surface area is 138 Å². The molecule has 0 saturated heterocycles. The van der Waals surface area contributed by atoms with Crippen LogP contribution in [0.4, 0.5) is 10.1 Å². The van der Waals surface area contributed by atoms with Gasteiger partial charge in [-0.15, -0.1) is 11.8 Å². The molecule has 3 rings (SSSR count). The monoisotopic (exact) mass is 328 g/mol. The number of nitrogens with zero attached hydrogens (tertiary/aromatic N) is 2. The molecule has 6 heteroatoms. The second-order valence-electron chi connectivity index (χ2n) is 5.25. The van der Waals surface area contributed by atoms with Crippen LogP contribution in [-0.2, 0) is 0 Å². The Hall–Kier alpha value is -2.34. The molecule has 0 saturated carbocycles. The molecule has 0 spiro atoms. The van der Waals surface area contributed by atoms with E-state index in [4.69, 9.17) is 5.73 Å². The van der Waals surface area contributed by atoms with E-state index >= 15 is 0 Å². The van der Waals surface area contributed by atoms with Crippen molar-refractivity contribution in [3.63, 3.8) is 0 Å². The van der Waals surface area contributed by atoms with Gasteiger partial charge in [0.05, 0.1) is 11.4 Å². The Morgan fingerprint density at radius 1 is 1.26 bits per heavy atom. The van der Waals surface area contributed by atoms with E-state index in [2.05, 4.69) is 15.5 Å². The predicted octanol–water partition coefficient (Wildman–Crippen LogP) is 3.57. The maximum atomic E-state index is 13.5. The third-order valence-electron chi connectivity index (χ3n) is 3.41. The molecule has 0 atom stereocenters. The van der Waals surface area contributed by atoms with Gasteiger partial charge in [-0.25, -0.2) is 14.8 Å². The van der Waals surface area contributed by atoms with Gasteiger partial charge in [-0.1, -0.05) is 12.1 Å². The molecule has 23 heavy (non-hydrogen) atoms. The Morgan fingerprint density at radius 3 is 2.96 bits per heavy atom. The number of thioether (sulfide) groups is 1. The first-order chi connectivity index (χ1) is 11.1. The molecule has 0 aromatic heterocycles. The standard InChI is InChI=1S/C17H17FN4S/c1-11-3-2-4-13(9-11)20-17(19)22-21-15-7-8-23-16-6-5-12(18)10-14(15)16/h2-6,9-10H,7-8H2,1H3,(H3,19,20,22)/b21-15+. The zero-order valence-electron chi connectivity index (χ0n) is 12.7. The fourth-order valence-corrected chi connectivity index (χ4v) is 3.36. The fourth-order valence-electron chi connectivity index (χ4n) is 2.35. The van der Waals surface area contributed by atoms with Gasteiger partial charge in [0.2, 0.25) is 5.96 Å².